The molecule has 0 unspecified atom stereocenters. The average molecular weight is 400 g/mol. The highest BCUT2D eigenvalue weighted by molar-refractivity contribution is 5.86. The fraction of sp³-hybridized carbons (Fsp3) is 0.238. The Labute approximate surface area is 168 Å². The van der Waals surface area contributed by atoms with E-state index in [0.717, 1.165) is 6.08 Å². The van der Waals surface area contributed by atoms with E-state index in [0.29, 0.717) is 17.0 Å². The fourth-order valence-electron chi connectivity index (χ4n) is 2.59. The summed E-state index contributed by atoms with van der Waals surface area (Å²) in [6.07, 6.45) is 1.28. The lowest BCUT2D eigenvalue weighted by Crippen LogP contribution is -2.22. The van der Waals surface area contributed by atoms with Crippen molar-refractivity contribution in [1.29, 1.82) is 0 Å². The second-order valence-corrected chi connectivity index (χ2v) is 6.16. The van der Waals surface area contributed by atoms with E-state index in [1.54, 1.807) is 55.5 Å². The first-order valence-electron chi connectivity index (χ1n) is 9.02. The molecule has 0 saturated carbocycles. The maximum absolute atomic E-state index is 12.4. The molecule has 0 radical (unpaired) electrons. The van der Waals surface area contributed by atoms with Crippen LogP contribution in [-0.4, -0.2) is 35.5 Å². The summed E-state index contributed by atoms with van der Waals surface area (Å²) >= 11 is 0. The second-order valence-electron chi connectivity index (χ2n) is 6.16. The minimum Gasteiger partial charge on any atom is -0.491 e. The van der Waals surface area contributed by atoms with Crippen molar-refractivity contribution in [3.05, 3.63) is 72.3 Å². The fourth-order valence-corrected chi connectivity index (χ4v) is 2.59. The van der Waals surface area contributed by atoms with Crippen LogP contribution in [0.3, 0.4) is 0 Å². The number of amides is 2. The SMILES string of the molecule is C[C@H](/C=C/C(=O)NO)[C@@H](OC(=O)Nc1ccccc1)c1cccc(OCCO)c1. The van der Waals surface area contributed by atoms with Crippen molar-refractivity contribution in [2.45, 2.75) is 13.0 Å². The standard InChI is InChI=1S/C21H24N2O6/c1-15(10-11-19(25)23-27)20(16-6-5-9-18(14-16)28-13-12-24)29-21(26)22-17-7-3-2-4-8-17/h2-11,14-15,20,24,27H,12-13H2,1H3,(H,22,26)(H,23,25)/b11-10+/t15-,20-/m1/s1. The van der Waals surface area contributed by atoms with Crippen LogP contribution in [0.15, 0.2) is 66.7 Å². The Kier molecular flexibility index (Phi) is 8.68. The minimum atomic E-state index is -0.737. The molecule has 8 nitrogen and oxygen atoms in total. The Morgan fingerprint density at radius 2 is 1.90 bits per heavy atom. The lowest BCUT2D eigenvalue weighted by molar-refractivity contribution is -0.124. The summed E-state index contributed by atoms with van der Waals surface area (Å²) in [5.41, 5.74) is 2.74. The lowest BCUT2D eigenvalue weighted by Gasteiger charge is -2.23. The van der Waals surface area contributed by atoms with E-state index >= 15 is 0 Å². The van der Waals surface area contributed by atoms with Gasteiger partial charge in [-0.15, -0.1) is 0 Å². The molecule has 2 rings (SSSR count). The van der Waals surface area contributed by atoms with E-state index in [4.69, 9.17) is 19.8 Å². The van der Waals surface area contributed by atoms with Crippen molar-refractivity contribution >= 4 is 17.7 Å². The molecular weight excluding hydrogens is 376 g/mol. The van der Waals surface area contributed by atoms with Gasteiger partial charge in [-0.2, -0.15) is 0 Å². The summed E-state index contributed by atoms with van der Waals surface area (Å²) in [5.74, 6) is -0.579. The average Bonchev–Trinajstić information content (AvgIpc) is 2.75. The van der Waals surface area contributed by atoms with Gasteiger partial charge < -0.3 is 14.6 Å². The zero-order valence-corrected chi connectivity index (χ0v) is 15.9. The molecule has 0 fully saturated rings. The van der Waals surface area contributed by atoms with Gasteiger partial charge >= 0.3 is 6.09 Å². The smallest absolute Gasteiger partial charge is 0.412 e. The number of hydrogen-bond acceptors (Lipinski definition) is 6. The van der Waals surface area contributed by atoms with Crippen LogP contribution in [0.2, 0.25) is 0 Å². The molecule has 0 aliphatic rings. The van der Waals surface area contributed by atoms with Crippen LogP contribution >= 0.6 is 0 Å². The third-order valence-electron chi connectivity index (χ3n) is 3.94. The van der Waals surface area contributed by atoms with E-state index in [-0.39, 0.29) is 13.2 Å². The molecule has 0 saturated heterocycles. The Hall–Kier alpha value is -3.36. The number of nitrogens with one attached hydrogen (secondary N) is 2. The van der Waals surface area contributed by atoms with E-state index in [1.165, 1.54) is 11.6 Å². The number of rotatable bonds is 9. The first-order valence-corrected chi connectivity index (χ1v) is 9.02. The van der Waals surface area contributed by atoms with Crippen LogP contribution < -0.4 is 15.5 Å². The number of para-hydroxylation sites is 1. The number of ether oxygens (including phenoxy) is 2. The van der Waals surface area contributed by atoms with Crippen LogP contribution in [0.4, 0.5) is 10.5 Å². The number of aliphatic hydroxyl groups excluding tert-OH is 1. The van der Waals surface area contributed by atoms with E-state index in [9.17, 15) is 9.59 Å². The van der Waals surface area contributed by atoms with Gasteiger partial charge in [0.1, 0.15) is 18.5 Å². The van der Waals surface area contributed by atoms with Gasteiger partial charge in [0.05, 0.1) is 6.61 Å². The highest BCUT2D eigenvalue weighted by atomic mass is 16.6. The van der Waals surface area contributed by atoms with E-state index in [2.05, 4.69) is 5.32 Å². The van der Waals surface area contributed by atoms with Crippen LogP contribution in [0, 0.1) is 5.92 Å². The quantitative estimate of drug-likeness (QED) is 0.292. The van der Waals surface area contributed by atoms with Crippen LogP contribution in [0.5, 0.6) is 5.75 Å². The second kappa shape index (κ2) is 11.5. The van der Waals surface area contributed by atoms with Crippen LogP contribution in [0.25, 0.3) is 0 Å². The van der Waals surface area contributed by atoms with E-state index in [1.807, 2.05) is 6.07 Å². The number of hydrogen-bond donors (Lipinski definition) is 4. The van der Waals surface area contributed by atoms with Gasteiger partial charge in [-0.3, -0.25) is 15.3 Å². The monoisotopic (exact) mass is 400 g/mol. The summed E-state index contributed by atoms with van der Waals surface area (Å²) in [4.78, 5) is 23.7. The van der Waals surface area contributed by atoms with Gasteiger partial charge in [-0.1, -0.05) is 43.3 Å². The van der Waals surface area contributed by atoms with Crippen molar-refractivity contribution in [2.75, 3.05) is 18.5 Å². The Bertz CT molecular complexity index is 825. The van der Waals surface area contributed by atoms with Crippen LogP contribution in [0.1, 0.15) is 18.6 Å². The third kappa shape index (κ3) is 7.28. The molecule has 0 spiro atoms. The van der Waals surface area contributed by atoms with Gasteiger partial charge in [-0.05, 0) is 29.8 Å². The molecule has 2 amide bonds. The molecule has 2 aromatic rings. The lowest BCUT2D eigenvalue weighted by atomic mass is 9.96. The Morgan fingerprint density at radius 1 is 1.14 bits per heavy atom. The summed E-state index contributed by atoms with van der Waals surface area (Å²) in [6.45, 7) is 1.78. The molecule has 0 heterocycles. The maximum atomic E-state index is 12.4. The number of benzene rings is 2. The third-order valence-corrected chi connectivity index (χ3v) is 3.94. The molecule has 2 atom stereocenters. The van der Waals surface area contributed by atoms with Gasteiger partial charge in [-0.25, -0.2) is 10.3 Å². The van der Waals surface area contributed by atoms with Gasteiger partial charge in [0, 0.05) is 17.7 Å². The number of carbonyl (C=O) groups excluding carboxylic acids is 2. The number of anilines is 1. The minimum absolute atomic E-state index is 0.126. The highest BCUT2D eigenvalue weighted by Crippen LogP contribution is 2.30. The van der Waals surface area contributed by atoms with Crippen molar-refractivity contribution in [3.8, 4) is 5.75 Å². The Balaban J connectivity index is 2.21. The number of carbonyl (C=O) groups is 2. The largest absolute Gasteiger partial charge is 0.491 e. The van der Waals surface area contributed by atoms with Crippen molar-refractivity contribution in [2.24, 2.45) is 5.92 Å². The van der Waals surface area contributed by atoms with Crippen LogP contribution in [-0.2, 0) is 9.53 Å². The van der Waals surface area contributed by atoms with Gasteiger partial charge in [0.15, 0.2) is 0 Å². The Morgan fingerprint density at radius 3 is 2.59 bits per heavy atom. The summed E-state index contributed by atoms with van der Waals surface area (Å²) < 4.78 is 11.0. The highest BCUT2D eigenvalue weighted by Gasteiger charge is 2.23. The summed E-state index contributed by atoms with van der Waals surface area (Å²) in [6, 6.07) is 15.8. The number of aliphatic hydroxyl groups is 1. The molecule has 0 aliphatic heterocycles. The van der Waals surface area contributed by atoms with Crippen molar-refractivity contribution < 1.29 is 29.4 Å². The zero-order valence-electron chi connectivity index (χ0n) is 15.9. The van der Waals surface area contributed by atoms with Gasteiger partial charge in [0.25, 0.3) is 5.91 Å². The van der Waals surface area contributed by atoms with E-state index < -0.39 is 24.0 Å². The molecule has 0 aromatic heterocycles. The first-order chi connectivity index (χ1) is 14.0. The molecule has 29 heavy (non-hydrogen) atoms. The molecule has 0 aliphatic carbocycles. The molecule has 2 aromatic carbocycles. The normalized spacial score (nSPS) is 12.8. The van der Waals surface area contributed by atoms with Gasteiger partial charge in [0.2, 0.25) is 0 Å². The predicted octanol–water partition coefficient (Wildman–Crippen LogP) is 3.05. The van der Waals surface area contributed by atoms with Crippen molar-refractivity contribution in [1.82, 2.24) is 5.48 Å². The maximum Gasteiger partial charge on any atom is 0.412 e. The topological polar surface area (TPSA) is 117 Å². The molecule has 154 valence electrons. The summed E-state index contributed by atoms with van der Waals surface area (Å²) in [7, 11) is 0. The first kappa shape index (κ1) is 21.9. The molecular formula is C21H24N2O6. The number of hydroxylamine groups is 1. The predicted molar refractivity (Wildman–Crippen MR) is 107 cm³/mol. The zero-order chi connectivity index (χ0) is 21.1. The van der Waals surface area contributed by atoms with Crippen molar-refractivity contribution in [3.63, 3.8) is 0 Å². The molecule has 0 bridgehead atoms. The molecule has 4 N–H and O–H groups in total. The molecule has 8 heteroatoms. The summed E-state index contributed by atoms with van der Waals surface area (Å²) in [5, 5.41) is 20.2.